The van der Waals surface area contributed by atoms with Gasteiger partial charge in [-0.2, -0.15) is 13.2 Å². The predicted octanol–water partition coefficient (Wildman–Crippen LogP) is 3.00. The molecule has 0 bridgehead atoms. The summed E-state index contributed by atoms with van der Waals surface area (Å²) in [6.07, 6.45) is -5.03. The number of rotatable bonds is 6. The van der Waals surface area contributed by atoms with Crippen molar-refractivity contribution in [2.24, 2.45) is 0 Å². The van der Waals surface area contributed by atoms with Crippen molar-refractivity contribution in [3.8, 4) is 17.2 Å². The van der Waals surface area contributed by atoms with E-state index in [1.807, 2.05) is 4.90 Å². The fourth-order valence-corrected chi connectivity index (χ4v) is 3.58. The lowest BCUT2D eigenvalue weighted by molar-refractivity contribution is -0.137. The zero-order valence-electron chi connectivity index (χ0n) is 16.3. The van der Waals surface area contributed by atoms with Crippen molar-refractivity contribution in [2.75, 3.05) is 51.0 Å². The quantitative estimate of drug-likeness (QED) is 0.770. The van der Waals surface area contributed by atoms with E-state index < -0.39 is 17.8 Å². The molecule has 2 aliphatic heterocycles. The maximum absolute atomic E-state index is 12.9. The van der Waals surface area contributed by atoms with E-state index in [-0.39, 0.29) is 13.4 Å². The van der Waals surface area contributed by atoms with Crippen LogP contribution in [0.3, 0.4) is 0 Å². The average molecular weight is 424 g/mol. The van der Waals surface area contributed by atoms with Crippen LogP contribution in [0.5, 0.6) is 17.2 Å². The van der Waals surface area contributed by atoms with Gasteiger partial charge in [0.15, 0.2) is 11.5 Å². The second-order valence-corrected chi connectivity index (χ2v) is 7.32. The highest BCUT2D eigenvalue weighted by Gasteiger charge is 2.31. The summed E-state index contributed by atoms with van der Waals surface area (Å²) in [6, 6.07) is 10.6. The number of alkyl halides is 3. The summed E-state index contributed by atoms with van der Waals surface area (Å²) in [7, 11) is 0. The van der Waals surface area contributed by atoms with Crippen molar-refractivity contribution < 1.29 is 32.5 Å². The lowest BCUT2D eigenvalue weighted by Crippen LogP contribution is -2.49. The van der Waals surface area contributed by atoms with Crippen molar-refractivity contribution in [2.45, 2.75) is 12.3 Å². The Morgan fingerprint density at radius 2 is 1.77 bits per heavy atom. The minimum atomic E-state index is -4.35. The normalized spacial score (nSPS) is 17.8. The van der Waals surface area contributed by atoms with E-state index in [9.17, 15) is 18.3 Å². The molecule has 4 rings (SSSR count). The molecule has 1 fully saturated rings. The molecule has 2 heterocycles. The molecule has 1 atom stereocenters. The number of piperazine rings is 1. The van der Waals surface area contributed by atoms with Crippen LogP contribution in [0.15, 0.2) is 42.5 Å². The number of anilines is 1. The molecular weight excluding hydrogens is 401 g/mol. The second kappa shape index (κ2) is 8.61. The molecule has 0 radical (unpaired) electrons. The Kier molecular flexibility index (Phi) is 5.92. The molecule has 1 saturated heterocycles. The molecule has 0 amide bonds. The van der Waals surface area contributed by atoms with Crippen molar-refractivity contribution in [1.29, 1.82) is 0 Å². The number of hydrogen-bond donors (Lipinski definition) is 1. The Bertz CT molecular complexity index is 870. The van der Waals surface area contributed by atoms with Crippen LogP contribution in [0.25, 0.3) is 0 Å². The minimum absolute atomic E-state index is 0.132. The van der Waals surface area contributed by atoms with Crippen molar-refractivity contribution in [3.05, 3.63) is 48.0 Å². The molecule has 0 aromatic heterocycles. The topological polar surface area (TPSA) is 54.4 Å². The van der Waals surface area contributed by atoms with Crippen LogP contribution in [0.2, 0.25) is 0 Å². The van der Waals surface area contributed by atoms with E-state index in [2.05, 4.69) is 4.90 Å². The van der Waals surface area contributed by atoms with E-state index >= 15 is 0 Å². The zero-order chi connectivity index (χ0) is 21.1. The summed E-state index contributed by atoms with van der Waals surface area (Å²) in [5.74, 6) is 1.88. The molecule has 162 valence electrons. The highest BCUT2D eigenvalue weighted by molar-refractivity contribution is 5.50. The summed E-state index contributed by atoms with van der Waals surface area (Å²) in [6.45, 7) is 3.24. The van der Waals surface area contributed by atoms with E-state index in [1.165, 1.54) is 12.1 Å². The summed E-state index contributed by atoms with van der Waals surface area (Å²) in [5.41, 5.74) is -0.0744. The molecule has 6 nitrogen and oxygen atoms in total. The summed E-state index contributed by atoms with van der Waals surface area (Å²) < 4.78 is 55.0. The van der Waals surface area contributed by atoms with E-state index in [0.29, 0.717) is 55.7 Å². The number of aliphatic hydroxyl groups is 1. The van der Waals surface area contributed by atoms with Gasteiger partial charge in [-0.3, -0.25) is 4.90 Å². The van der Waals surface area contributed by atoms with Gasteiger partial charge in [0.05, 0.1) is 5.56 Å². The third-order valence-electron chi connectivity index (χ3n) is 5.17. The zero-order valence-corrected chi connectivity index (χ0v) is 16.3. The molecule has 1 unspecified atom stereocenters. The Hall–Kier alpha value is -2.65. The average Bonchev–Trinajstić information content (AvgIpc) is 3.20. The second-order valence-electron chi connectivity index (χ2n) is 7.32. The van der Waals surface area contributed by atoms with E-state index in [0.717, 1.165) is 6.07 Å². The van der Waals surface area contributed by atoms with Crippen molar-refractivity contribution in [3.63, 3.8) is 0 Å². The molecule has 1 N–H and O–H groups in total. The molecule has 2 aliphatic rings. The molecule has 2 aromatic rings. The van der Waals surface area contributed by atoms with Crippen LogP contribution in [0.1, 0.15) is 5.56 Å². The Balaban J connectivity index is 1.24. The number of hydrogen-bond acceptors (Lipinski definition) is 6. The highest BCUT2D eigenvalue weighted by Crippen LogP contribution is 2.35. The largest absolute Gasteiger partial charge is 0.491 e. The maximum atomic E-state index is 12.9. The number of ether oxygens (including phenoxy) is 3. The summed E-state index contributed by atoms with van der Waals surface area (Å²) >= 11 is 0. The number of aliphatic hydroxyl groups excluding tert-OH is 1. The van der Waals surface area contributed by atoms with Gasteiger partial charge in [-0.05, 0) is 30.3 Å². The SMILES string of the molecule is OC(COc1ccc2c(c1)OCO2)CN1CCN(c2cccc(C(F)(F)F)c2)CC1. The van der Waals surface area contributed by atoms with Gasteiger partial charge in [-0.1, -0.05) is 6.07 Å². The van der Waals surface area contributed by atoms with Crippen LogP contribution < -0.4 is 19.1 Å². The van der Waals surface area contributed by atoms with Crippen LogP contribution >= 0.6 is 0 Å². The Labute approximate surface area is 172 Å². The van der Waals surface area contributed by atoms with Crippen LogP contribution in [-0.4, -0.2) is 62.2 Å². The lowest BCUT2D eigenvalue weighted by atomic mass is 10.1. The lowest BCUT2D eigenvalue weighted by Gasteiger charge is -2.37. The number of halogens is 3. The molecular formula is C21H23F3N2O4. The van der Waals surface area contributed by atoms with Gasteiger partial charge in [0.2, 0.25) is 6.79 Å². The Morgan fingerprint density at radius 1 is 1.00 bits per heavy atom. The number of nitrogens with zero attached hydrogens (tertiary/aromatic N) is 2. The van der Waals surface area contributed by atoms with Gasteiger partial charge in [0, 0.05) is 44.5 Å². The minimum Gasteiger partial charge on any atom is -0.491 e. The van der Waals surface area contributed by atoms with E-state index in [4.69, 9.17) is 14.2 Å². The molecule has 0 saturated carbocycles. The smallest absolute Gasteiger partial charge is 0.416 e. The monoisotopic (exact) mass is 424 g/mol. The van der Waals surface area contributed by atoms with Crippen molar-refractivity contribution >= 4 is 5.69 Å². The molecule has 9 heteroatoms. The number of fused-ring (bicyclic) bond motifs is 1. The van der Waals surface area contributed by atoms with Gasteiger partial charge in [0.1, 0.15) is 18.5 Å². The van der Waals surface area contributed by atoms with Crippen molar-refractivity contribution in [1.82, 2.24) is 4.90 Å². The van der Waals surface area contributed by atoms with Gasteiger partial charge < -0.3 is 24.2 Å². The fourth-order valence-electron chi connectivity index (χ4n) is 3.58. The third kappa shape index (κ3) is 4.91. The number of β-amino-alcohol motifs (C(OH)–C–C–N with tert-alkyl or cyclic N) is 1. The standard InChI is InChI=1S/C21H23F3N2O4/c22-21(23,24)15-2-1-3-16(10-15)26-8-6-25(7-9-26)12-17(27)13-28-18-4-5-19-20(11-18)30-14-29-19/h1-5,10-11,17,27H,6-9,12-14H2. The molecule has 0 aliphatic carbocycles. The van der Waals surface area contributed by atoms with Gasteiger partial charge in [0.25, 0.3) is 0 Å². The third-order valence-corrected chi connectivity index (χ3v) is 5.17. The Morgan fingerprint density at radius 3 is 2.53 bits per heavy atom. The van der Waals surface area contributed by atoms with Gasteiger partial charge in [-0.15, -0.1) is 0 Å². The van der Waals surface area contributed by atoms with E-state index in [1.54, 1.807) is 24.3 Å². The van der Waals surface area contributed by atoms with Gasteiger partial charge in [-0.25, -0.2) is 0 Å². The first-order chi connectivity index (χ1) is 14.4. The first-order valence-electron chi connectivity index (χ1n) is 9.73. The molecule has 2 aromatic carbocycles. The fraction of sp³-hybridized carbons (Fsp3) is 0.429. The first-order valence-corrected chi connectivity index (χ1v) is 9.73. The highest BCUT2D eigenvalue weighted by atomic mass is 19.4. The molecule has 0 spiro atoms. The van der Waals surface area contributed by atoms with Crippen LogP contribution in [0, 0.1) is 0 Å². The summed E-state index contributed by atoms with van der Waals surface area (Å²) in [5, 5.41) is 10.3. The maximum Gasteiger partial charge on any atom is 0.416 e. The van der Waals surface area contributed by atoms with Crippen LogP contribution in [-0.2, 0) is 6.18 Å². The van der Waals surface area contributed by atoms with Crippen LogP contribution in [0.4, 0.5) is 18.9 Å². The number of benzene rings is 2. The summed E-state index contributed by atoms with van der Waals surface area (Å²) in [4.78, 5) is 4.01. The molecule has 30 heavy (non-hydrogen) atoms. The first kappa shape index (κ1) is 20.6. The predicted molar refractivity (Wildman–Crippen MR) is 104 cm³/mol. The van der Waals surface area contributed by atoms with Gasteiger partial charge >= 0.3 is 6.18 Å².